The summed E-state index contributed by atoms with van der Waals surface area (Å²) in [4.78, 5) is 51.6. The summed E-state index contributed by atoms with van der Waals surface area (Å²) in [5, 5.41) is 12.0. The molecule has 4 aromatic carbocycles. The van der Waals surface area contributed by atoms with Crippen LogP contribution in [0.2, 0.25) is 0 Å². The molecule has 0 aromatic heterocycles. The van der Waals surface area contributed by atoms with Gasteiger partial charge in [0.25, 0.3) is 11.8 Å². The molecule has 0 saturated carbocycles. The molecule has 0 saturated heterocycles. The molecule has 0 atom stereocenters. The Kier molecular flexibility index (Phi) is 10.0. The summed E-state index contributed by atoms with van der Waals surface area (Å²) in [5.41, 5.74) is 1.25. The number of para-hydroxylation sites is 1. The van der Waals surface area contributed by atoms with Crippen molar-refractivity contribution in [3.05, 3.63) is 119 Å². The molecule has 0 radical (unpaired) electrons. The molecule has 0 aliphatic heterocycles. The Hall–Kier alpha value is -5.45. The summed E-state index contributed by atoms with van der Waals surface area (Å²) in [6.45, 7) is 0. The highest BCUT2D eigenvalue weighted by molar-refractivity contribution is 6.11. The molecule has 0 spiro atoms. The number of hydrogen-bond acceptors (Lipinski definition) is 5. The Morgan fingerprint density at radius 1 is 0.822 bits per heavy atom. The number of carbonyl (C=O) groups is 4. The number of alkyl halides is 3. The summed E-state index contributed by atoms with van der Waals surface area (Å²) < 4.78 is 44.4. The standard InChI is InChI=1S/C34H29F3N2O6/c1-39(2)32(42)27-20-21(8-7-13-30(40)45-29-12-6-5-11-26(29)33(43)44)14-19-28(27)38-31(41)25-10-4-3-9-24(25)22-15-17-23(18-16-22)34(35,36)37/h3-6,9-12,14-20H,7-8,13H2,1-2H3,(H,38,41)(H,43,44). The lowest BCUT2D eigenvalue weighted by molar-refractivity contribution is -0.137. The summed E-state index contributed by atoms with van der Waals surface area (Å²) >= 11 is 0. The fourth-order valence-electron chi connectivity index (χ4n) is 4.58. The lowest BCUT2D eigenvalue weighted by Crippen LogP contribution is -2.24. The first-order valence-electron chi connectivity index (χ1n) is 13.8. The van der Waals surface area contributed by atoms with Crippen molar-refractivity contribution < 1.29 is 42.2 Å². The number of anilines is 1. The first kappa shape index (κ1) is 32.5. The van der Waals surface area contributed by atoms with Crippen LogP contribution in [0.15, 0.2) is 91.0 Å². The van der Waals surface area contributed by atoms with Crippen LogP contribution in [0.3, 0.4) is 0 Å². The molecule has 8 nitrogen and oxygen atoms in total. The Labute approximate surface area is 257 Å². The van der Waals surface area contributed by atoms with Crippen LogP contribution in [-0.4, -0.2) is 47.9 Å². The van der Waals surface area contributed by atoms with E-state index in [-0.39, 0.29) is 40.5 Å². The van der Waals surface area contributed by atoms with Gasteiger partial charge in [0.2, 0.25) is 0 Å². The van der Waals surface area contributed by atoms with E-state index < -0.39 is 29.6 Å². The van der Waals surface area contributed by atoms with E-state index in [0.29, 0.717) is 29.5 Å². The van der Waals surface area contributed by atoms with E-state index in [9.17, 15) is 37.5 Å². The lowest BCUT2D eigenvalue weighted by atomic mass is 9.97. The minimum Gasteiger partial charge on any atom is -0.478 e. The monoisotopic (exact) mass is 618 g/mol. The largest absolute Gasteiger partial charge is 0.478 e. The summed E-state index contributed by atoms with van der Waals surface area (Å²) in [6.07, 6.45) is -3.77. The van der Waals surface area contributed by atoms with Crippen LogP contribution in [-0.2, 0) is 17.4 Å². The molecule has 232 valence electrons. The van der Waals surface area contributed by atoms with Gasteiger partial charge in [-0.1, -0.05) is 48.5 Å². The highest BCUT2D eigenvalue weighted by Crippen LogP contribution is 2.32. The van der Waals surface area contributed by atoms with Crippen LogP contribution in [0, 0.1) is 0 Å². The van der Waals surface area contributed by atoms with Gasteiger partial charge in [0.05, 0.1) is 16.8 Å². The molecule has 2 amide bonds. The second-order valence-electron chi connectivity index (χ2n) is 10.3. The lowest BCUT2D eigenvalue weighted by Gasteiger charge is -2.17. The number of aryl methyl sites for hydroxylation is 1. The summed E-state index contributed by atoms with van der Waals surface area (Å²) in [5.74, 6) is -2.81. The average Bonchev–Trinajstić information content (AvgIpc) is 3.01. The van der Waals surface area contributed by atoms with Crippen molar-refractivity contribution in [3.8, 4) is 16.9 Å². The zero-order valence-corrected chi connectivity index (χ0v) is 24.4. The normalized spacial score (nSPS) is 11.0. The molecule has 0 heterocycles. The second kappa shape index (κ2) is 13.9. The van der Waals surface area contributed by atoms with Crippen molar-refractivity contribution >= 4 is 29.4 Å². The molecule has 0 aliphatic carbocycles. The second-order valence-corrected chi connectivity index (χ2v) is 10.3. The third-order valence-corrected chi connectivity index (χ3v) is 6.85. The molecule has 2 N–H and O–H groups in total. The number of rotatable bonds is 10. The maximum atomic E-state index is 13.4. The van der Waals surface area contributed by atoms with Gasteiger partial charge in [0.15, 0.2) is 0 Å². The van der Waals surface area contributed by atoms with E-state index in [1.807, 2.05) is 0 Å². The van der Waals surface area contributed by atoms with Gasteiger partial charge < -0.3 is 20.1 Å². The minimum absolute atomic E-state index is 0.00979. The van der Waals surface area contributed by atoms with E-state index in [1.165, 1.54) is 41.3 Å². The van der Waals surface area contributed by atoms with Gasteiger partial charge in [0.1, 0.15) is 11.3 Å². The maximum absolute atomic E-state index is 13.4. The van der Waals surface area contributed by atoms with E-state index in [2.05, 4.69) is 5.32 Å². The number of nitrogens with one attached hydrogen (secondary N) is 1. The zero-order chi connectivity index (χ0) is 32.7. The van der Waals surface area contributed by atoms with E-state index in [1.54, 1.807) is 56.6 Å². The number of aromatic carboxylic acids is 1. The predicted octanol–water partition coefficient (Wildman–Crippen LogP) is 6.95. The van der Waals surface area contributed by atoms with Crippen molar-refractivity contribution in [2.24, 2.45) is 0 Å². The molecule has 0 unspecified atom stereocenters. The van der Waals surface area contributed by atoms with Crippen LogP contribution >= 0.6 is 0 Å². The Bertz CT molecular complexity index is 1730. The SMILES string of the molecule is CN(C)C(=O)c1cc(CCCC(=O)Oc2ccccc2C(=O)O)ccc1NC(=O)c1ccccc1-c1ccc(C(F)(F)F)cc1. The van der Waals surface area contributed by atoms with Crippen LogP contribution in [0.4, 0.5) is 18.9 Å². The third kappa shape index (κ3) is 8.14. The molecule has 45 heavy (non-hydrogen) atoms. The zero-order valence-electron chi connectivity index (χ0n) is 24.4. The van der Waals surface area contributed by atoms with Crippen LogP contribution in [0.1, 0.15) is 55.0 Å². The topological polar surface area (TPSA) is 113 Å². The van der Waals surface area contributed by atoms with Gasteiger partial charge in [-0.2, -0.15) is 13.2 Å². The number of halogens is 3. The summed E-state index contributed by atoms with van der Waals surface area (Å²) in [7, 11) is 3.12. The number of carboxylic acid groups (broad SMARTS) is 1. The first-order valence-corrected chi connectivity index (χ1v) is 13.8. The van der Waals surface area contributed by atoms with Gasteiger partial charge in [-0.05, 0) is 72.0 Å². The van der Waals surface area contributed by atoms with Crippen molar-refractivity contribution in [1.29, 1.82) is 0 Å². The van der Waals surface area contributed by atoms with Crippen molar-refractivity contribution in [2.45, 2.75) is 25.4 Å². The highest BCUT2D eigenvalue weighted by Gasteiger charge is 2.30. The number of benzene rings is 4. The van der Waals surface area contributed by atoms with Crippen LogP contribution < -0.4 is 10.1 Å². The van der Waals surface area contributed by atoms with E-state index >= 15 is 0 Å². The van der Waals surface area contributed by atoms with Crippen molar-refractivity contribution in [2.75, 3.05) is 19.4 Å². The van der Waals surface area contributed by atoms with Crippen LogP contribution in [0.25, 0.3) is 11.1 Å². The number of esters is 1. The van der Waals surface area contributed by atoms with Gasteiger partial charge in [-0.25, -0.2) is 4.79 Å². The van der Waals surface area contributed by atoms with E-state index in [0.717, 1.165) is 12.1 Å². The number of nitrogens with zero attached hydrogens (tertiary/aromatic N) is 1. The number of amides is 2. The number of carboxylic acids is 1. The maximum Gasteiger partial charge on any atom is 0.416 e. The highest BCUT2D eigenvalue weighted by atomic mass is 19.4. The molecule has 0 aliphatic rings. The Morgan fingerprint density at radius 3 is 2.11 bits per heavy atom. The van der Waals surface area contributed by atoms with Crippen molar-refractivity contribution in [1.82, 2.24) is 4.90 Å². The number of carbonyl (C=O) groups excluding carboxylic acids is 3. The molecular weight excluding hydrogens is 589 g/mol. The molecule has 0 fully saturated rings. The predicted molar refractivity (Wildman–Crippen MR) is 161 cm³/mol. The molecule has 0 bridgehead atoms. The van der Waals surface area contributed by atoms with E-state index in [4.69, 9.17) is 4.74 Å². The van der Waals surface area contributed by atoms with Gasteiger partial charge in [-0.3, -0.25) is 14.4 Å². The van der Waals surface area contributed by atoms with Crippen LogP contribution in [0.5, 0.6) is 5.75 Å². The van der Waals surface area contributed by atoms with Crippen molar-refractivity contribution in [3.63, 3.8) is 0 Å². The fourth-order valence-corrected chi connectivity index (χ4v) is 4.58. The Balaban J connectivity index is 1.49. The fraction of sp³-hybridized carbons (Fsp3) is 0.176. The van der Waals surface area contributed by atoms with Gasteiger partial charge in [-0.15, -0.1) is 0 Å². The molecular formula is C34H29F3N2O6. The number of hydrogen-bond donors (Lipinski definition) is 2. The molecule has 11 heteroatoms. The summed E-state index contributed by atoms with van der Waals surface area (Å²) in [6, 6.07) is 21.7. The first-order chi connectivity index (χ1) is 21.3. The average molecular weight is 619 g/mol. The van der Waals surface area contributed by atoms with Gasteiger partial charge >= 0.3 is 18.1 Å². The Morgan fingerprint density at radius 2 is 1.47 bits per heavy atom. The molecule has 4 rings (SSSR count). The van der Waals surface area contributed by atoms with Gasteiger partial charge in [0, 0.05) is 26.1 Å². The third-order valence-electron chi connectivity index (χ3n) is 6.85. The molecule has 4 aromatic rings. The quantitative estimate of drug-likeness (QED) is 0.147. The number of ether oxygens (including phenoxy) is 1. The minimum atomic E-state index is -4.49. The smallest absolute Gasteiger partial charge is 0.416 e.